The Morgan fingerprint density at radius 2 is 1.87 bits per heavy atom. The molecule has 2 fully saturated rings. The second-order valence-corrected chi connectivity index (χ2v) is 14.1. The number of aromatic nitrogens is 1. The molecule has 3 N–H and O–H groups in total. The molecule has 0 bridgehead atoms. The number of nitrogens with zero attached hydrogens (tertiary/aromatic N) is 2. The number of ether oxygens (including phenoxy) is 1. The summed E-state index contributed by atoms with van der Waals surface area (Å²) in [5.41, 5.74) is 3.39. The van der Waals surface area contributed by atoms with Gasteiger partial charge in [-0.25, -0.2) is 4.39 Å². The molecule has 2 unspecified atom stereocenters. The number of aliphatic hydroxyl groups excluding tert-OH is 1. The van der Waals surface area contributed by atoms with Crippen LogP contribution in [0, 0.1) is 12.7 Å². The minimum Gasteiger partial charge on any atom is -0.379 e. The van der Waals surface area contributed by atoms with E-state index in [2.05, 4.69) is 15.2 Å². The number of aliphatic hydroxyl groups is 1. The van der Waals surface area contributed by atoms with E-state index >= 15 is 0 Å². The number of carbonyl (C=O) groups is 1. The molecule has 7 nitrogen and oxygen atoms in total. The zero-order chi connectivity index (χ0) is 31.6. The van der Waals surface area contributed by atoms with E-state index in [1.54, 1.807) is 23.1 Å². The fourth-order valence-electron chi connectivity index (χ4n) is 6.36. The predicted octanol–water partition coefficient (Wildman–Crippen LogP) is 6.56. The summed E-state index contributed by atoms with van der Waals surface area (Å²) in [6.45, 7) is 7.02. The molecule has 0 spiro atoms. The fraction of sp³-hybridized carbons (Fsp3) is 0.382. The first-order valence-corrected chi connectivity index (χ1v) is 16.8. The largest absolute Gasteiger partial charge is 0.379 e. The average Bonchev–Trinajstić information content (AvgIpc) is 3.55. The number of aromatic amines is 1. The number of likely N-dealkylation sites (tertiary alicyclic amines) is 1. The Balaban J connectivity index is 1.40. The quantitative estimate of drug-likeness (QED) is 0.124. The Morgan fingerprint density at radius 3 is 2.60 bits per heavy atom. The van der Waals surface area contributed by atoms with E-state index in [1.807, 2.05) is 49.5 Å². The first kappa shape index (κ1) is 32.3. The molecular weight excluding hydrogens is 634 g/mol. The molecule has 2 aliphatic rings. The van der Waals surface area contributed by atoms with E-state index in [0.29, 0.717) is 34.6 Å². The molecule has 4 aromatic rings. The number of fused-ring (bicyclic) bond motifs is 1. The van der Waals surface area contributed by atoms with Crippen molar-refractivity contribution in [3.63, 3.8) is 0 Å². The number of halogens is 3. The average molecular weight is 672 g/mol. The van der Waals surface area contributed by atoms with Crippen LogP contribution in [0.2, 0.25) is 10.0 Å². The maximum Gasteiger partial charge on any atom is 0.225 e. The normalized spacial score (nSPS) is 21.6. The van der Waals surface area contributed by atoms with E-state index in [1.165, 1.54) is 17.8 Å². The monoisotopic (exact) mass is 670 g/mol. The van der Waals surface area contributed by atoms with Gasteiger partial charge in [-0.15, -0.1) is 11.8 Å². The van der Waals surface area contributed by atoms with Crippen LogP contribution >= 0.6 is 35.0 Å². The van der Waals surface area contributed by atoms with Crippen LogP contribution in [0.25, 0.3) is 10.9 Å². The molecular formula is C34H37Cl2FN4O3S. The van der Waals surface area contributed by atoms with Crippen molar-refractivity contribution in [2.75, 3.05) is 39.4 Å². The van der Waals surface area contributed by atoms with E-state index < -0.39 is 22.8 Å². The lowest BCUT2D eigenvalue weighted by atomic mass is 9.90. The molecule has 45 heavy (non-hydrogen) atoms. The number of morpholine rings is 1. The van der Waals surface area contributed by atoms with Gasteiger partial charge in [-0.2, -0.15) is 0 Å². The van der Waals surface area contributed by atoms with Gasteiger partial charge in [0.2, 0.25) is 5.91 Å². The molecule has 1 aromatic heterocycles. The molecule has 0 aliphatic carbocycles. The topological polar surface area (TPSA) is 80.8 Å². The second kappa shape index (κ2) is 14.0. The number of hydrogen-bond donors (Lipinski definition) is 3. The molecule has 1 amide bonds. The maximum atomic E-state index is 14.9. The van der Waals surface area contributed by atoms with E-state index in [-0.39, 0.29) is 17.4 Å². The van der Waals surface area contributed by atoms with Gasteiger partial charge in [0.1, 0.15) is 12.0 Å². The van der Waals surface area contributed by atoms with Crippen molar-refractivity contribution in [3.05, 3.63) is 99.4 Å². The molecule has 0 radical (unpaired) electrons. The lowest BCUT2D eigenvalue weighted by molar-refractivity contribution is -0.129. The summed E-state index contributed by atoms with van der Waals surface area (Å²) in [5.74, 6) is -0.648. The fourth-order valence-corrected chi connectivity index (χ4v) is 8.12. The lowest BCUT2D eigenvalue weighted by Crippen LogP contribution is -2.52. The molecule has 2 saturated heterocycles. The number of carbonyl (C=O) groups excluding carboxylic acids is 1. The standard InChI is InChI=1S/C34H37Cl2FN4O3S/c1-22-3-9-25(10-4-22)45-34(33(43)38-11-2-12-40-13-15-44-16-14-40)19-31(42)41(21-23-5-7-24(35)8-6-23)32(34)27-20-39-30-18-28(36)29(37)17-26(27)30/h3-10,17-18,20,32-33,38-39,43H,2,11-16,19,21H2,1H3/t32-,33?,34?/m0/s1. The van der Waals surface area contributed by atoms with E-state index in [4.69, 9.17) is 27.9 Å². The van der Waals surface area contributed by atoms with Crippen molar-refractivity contribution in [2.24, 2.45) is 0 Å². The van der Waals surface area contributed by atoms with Gasteiger partial charge in [0.15, 0.2) is 0 Å². The number of rotatable bonds is 11. The first-order chi connectivity index (χ1) is 21.7. The highest BCUT2D eigenvalue weighted by molar-refractivity contribution is 8.00. The van der Waals surface area contributed by atoms with Gasteiger partial charge in [0.05, 0.1) is 29.0 Å². The molecule has 2 aliphatic heterocycles. The first-order valence-electron chi connectivity index (χ1n) is 15.2. The minimum absolute atomic E-state index is 0.0127. The van der Waals surface area contributed by atoms with Crippen LogP contribution < -0.4 is 5.32 Å². The minimum atomic E-state index is -1.07. The summed E-state index contributed by atoms with van der Waals surface area (Å²) in [5, 5.41) is 16.8. The highest BCUT2D eigenvalue weighted by atomic mass is 35.5. The molecule has 238 valence electrons. The second-order valence-electron chi connectivity index (χ2n) is 11.8. The Labute approximate surface area is 277 Å². The van der Waals surface area contributed by atoms with Crippen molar-refractivity contribution in [3.8, 4) is 0 Å². The molecule has 3 atom stereocenters. The Hall–Kier alpha value is -2.63. The summed E-state index contributed by atoms with van der Waals surface area (Å²) < 4.78 is 19.3. The molecule has 6 rings (SSSR count). The van der Waals surface area contributed by atoms with Gasteiger partial charge in [-0.1, -0.05) is 53.0 Å². The predicted molar refractivity (Wildman–Crippen MR) is 178 cm³/mol. The number of aryl methyl sites for hydroxylation is 1. The van der Waals surface area contributed by atoms with Gasteiger partial charge in [-0.3, -0.25) is 15.0 Å². The Morgan fingerprint density at radius 1 is 1.13 bits per heavy atom. The number of benzene rings is 3. The number of thioether (sulfide) groups is 1. The van der Waals surface area contributed by atoms with Crippen LogP contribution in [0.15, 0.2) is 71.8 Å². The van der Waals surface area contributed by atoms with E-state index in [0.717, 1.165) is 55.3 Å². The van der Waals surface area contributed by atoms with Crippen LogP contribution in [-0.2, 0) is 16.1 Å². The van der Waals surface area contributed by atoms with Gasteiger partial charge in [0, 0.05) is 58.6 Å². The SMILES string of the molecule is Cc1ccc(SC2(C(O)NCCCN3CCOCC3)CC(=O)N(Cc3ccc(Cl)cc3)[C@H]2c2c[nH]c3cc(Cl)c(F)cc23)cc1. The third-order valence-electron chi connectivity index (χ3n) is 8.72. The molecule has 0 saturated carbocycles. The smallest absolute Gasteiger partial charge is 0.225 e. The molecule has 11 heteroatoms. The Bertz CT molecular complexity index is 1630. The van der Waals surface area contributed by atoms with Crippen LogP contribution in [0.3, 0.4) is 0 Å². The van der Waals surface area contributed by atoms with Crippen LogP contribution in [0.4, 0.5) is 4.39 Å². The molecule has 3 aromatic carbocycles. The van der Waals surface area contributed by atoms with Crippen LogP contribution in [0.1, 0.15) is 35.6 Å². The summed E-state index contributed by atoms with van der Waals surface area (Å²) in [6, 6.07) is 17.8. The van der Waals surface area contributed by atoms with Crippen LogP contribution in [-0.4, -0.2) is 76.2 Å². The van der Waals surface area contributed by atoms with Crippen molar-refractivity contribution in [1.29, 1.82) is 0 Å². The van der Waals surface area contributed by atoms with Gasteiger partial charge in [0.25, 0.3) is 0 Å². The van der Waals surface area contributed by atoms with Crippen molar-refractivity contribution in [1.82, 2.24) is 20.1 Å². The summed E-state index contributed by atoms with van der Waals surface area (Å²) in [6.07, 6.45) is 1.64. The summed E-state index contributed by atoms with van der Waals surface area (Å²) >= 11 is 13.8. The van der Waals surface area contributed by atoms with Crippen molar-refractivity contribution >= 4 is 51.8 Å². The maximum absolute atomic E-state index is 14.9. The lowest BCUT2D eigenvalue weighted by Gasteiger charge is -2.41. The zero-order valence-corrected chi connectivity index (χ0v) is 27.4. The summed E-state index contributed by atoms with van der Waals surface area (Å²) in [7, 11) is 0. The van der Waals surface area contributed by atoms with Crippen molar-refractivity contribution in [2.45, 2.75) is 48.2 Å². The third-order valence-corrected chi connectivity index (χ3v) is 10.7. The number of amides is 1. The van der Waals surface area contributed by atoms with Gasteiger partial charge >= 0.3 is 0 Å². The summed E-state index contributed by atoms with van der Waals surface area (Å²) in [4.78, 5) is 22.5. The van der Waals surface area contributed by atoms with Gasteiger partial charge < -0.3 is 19.7 Å². The van der Waals surface area contributed by atoms with Crippen LogP contribution in [0.5, 0.6) is 0 Å². The van der Waals surface area contributed by atoms with E-state index in [9.17, 15) is 14.3 Å². The third kappa shape index (κ3) is 7.05. The number of nitrogens with one attached hydrogen (secondary N) is 2. The number of hydrogen-bond acceptors (Lipinski definition) is 6. The number of H-pyrrole nitrogens is 1. The Kier molecular flexibility index (Phi) is 10.1. The zero-order valence-electron chi connectivity index (χ0n) is 25.1. The van der Waals surface area contributed by atoms with Gasteiger partial charge in [-0.05, 0) is 68.4 Å². The highest BCUT2D eigenvalue weighted by Gasteiger charge is 2.57. The molecule has 3 heterocycles. The van der Waals surface area contributed by atoms with Crippen molar-refractivity contribution < 1.29 is 19.0 Å². The highest BCUT2D eigenvalue weighted by Crippen LogP contribution is 2.55.